The highest BCUT2D eigenvalue weighted by molar-refractivity contribution is 5.78. The van der Waals surface area contributed by atoms with Gasteiger partial charge in [-0.15, -0.1) is 0 Å². The number of nitrogens with one attached hydrogen (secondary N) is 1. The van der Waals surface area contributed by atoms with E-state index in [1.54, 1.807) is 0 Å². The number of rotatable bonds is 5. The zero-order chi connectivity index (χ0) is 15.6. The molecule has 1 atom stereocenters. The van der Waals surface area contributed by atoms with Gasteiger partial charge in [-0.25, -0.2) is 13.2 Å². The van der Waals surface area contributed by atoms with Gasteiger partial charge in [0.15, 0.2) is 17.5 Å². The Bertz CT molecular complexity index is 507. The summed E-state index contributed by atoms with van der Waals surface area (Å²) in [4.78, 5) is 11.9. The Kier molecular flexibility index (Phi) is 4.88. The zero-order valence-electron chi connectivity index (χ0n) is 11.7. The fraction of sp³-hybridized carbons (Fsp3) is 0.533. The molecule has 1 aliphatic rings. The van der Waals surface area contributed by atoms with Crippen LogP contribution in [0.5, 0.6) is 0 Å². The summed E-state index contributed by atoms with van der Waals surface area (Å²) < 4.78 is 39.0. The van der Waals surface area contributed by atoms with Crippen LogP contribution in [-0.4, -0.2) is 23.2 Å². The van der Waals surface area contributed by atoms with Crippen molar-refractivity contribution in [1.82, 2.24) is 5.32 Å². The van der Waals surface area contributed by atoms with E-state index in [2.05, 4.69) is 5.32 Å². The van der Waals surface area contributed by atoms with Gasteiger partial charge in [0.25, 0.3) is 0 Å². The second-order valence-electron chi connectivity index (χ2n) is 5.52. The van der Waals surface area contributed by atoms with E-state index in [-0.39, 0.29) is 36.0 Å². The van der Waals surface area contributed by atoms with Gasteiger partial charge in [0, 0.05) is 6.04 Å². The molecule has 1 saturated carbocycles. The Hall–Kier alpha value is -1.56. The number of aliphatic hydroxyl groups is 1. The molecule has 0 aliphatic heterocycles. The van der Waals surface area contributed by atoms with Gasteiger partial charge in [0.05, 0.1) is 12.5 Å². The number of halogens is 3. The first-order valence-corrected chi connectivity index (χ1v) is 7.01. The molecule has 1 aliphatic carbocycles. The molecule has 0 bridgehead atoms. The van der Waals surface area contributed by atoms with Crippen LogP contribution in [0.15, 0.2) is 12.1 Å². The second-order valence-corrected chi connectivity index (χ2v) is 5.52. The van der Waals surface area contributed by atoms with Crippen molar-refractivity contribution in [2.75, 3.05) is 0 Å². The van der Waals surface area contributed by atoms with Crippen LogP contribution < -0.4 is 5.32 Å². The first-order chi connectivity index (χ1) is 9.90. The minimum Gasteiger partial charge on any atom is -0.393 e. The average molecular weight is 301 g/mol. The number of benzene rings is 1. The van der Waals surface area contributed by atoms with E-state index in [1.165, 1.54) is 0 Å². The highest BCUT2D eigenvalue weighted by Gasteiger charge is 2.33. The molecule has 1 aromatic carbocycles. The SMILES string of the molecule is CCC(NC(=O)Cc1cc(F)c(F)c(F)c1)C1CC(O)C1. The summed E-state index contributed by atoms with van der Waals surface area (Å²) in [6.07, 6.45) is 1.51. The largest absolute Gasteiger partial charge is 0.393 e. The standard InChI is InChI=1S/C15H18F3NO2/c1-2-13(9-6-10(20)7-9)19-14(21)5-8-3-11(16)15(18)12(17)4-8/h3-4,9-10,13,20H,2,5-7H2,1H3,(H,19,21). The van der Waals surface area contributed by atoms with Crippen LogP contribution in [0, 0.1) is 23.4 Å². The summed E-state index contributed by atoms with van der Waals surface area (Å²) in [5.74, 6) is -4.27. The molecule has 0 radical (unpaired) electrons. The molecule has 1 aromatic rings. The fourth-order valence-corrected chi connectivity index (χ4v) is 2.66. The summed E-state index contributed by atoms with van der Waals surface area (Å²) in [6.45, 7) is 1.92. The Morgan fingerprint density at radius 1 is 1.33 bits per heavy atom. The van der Waals surface area contributed by atoms with Gasteiger partial charge in [-0.05, 0) is 42.9 Å². The van der Waals surface area contributed by atoms with Crippen LogP contribution in [0.2, 0.25) is 0 Å². The number of aliphatic hydroxyl groups excluding tert-OH is 1. The van der Waals surface area contributed by atoms with Gasteiger partial charge in [0.1, 0.15) is 0 Å². The van der Waals surface area contributed by atoms with E-state index < -0.39 is 17.5 Å². The third-order valence-electron chi connectivity index (χ3n) is 3.91. The molecule has 1 unspecified atom stereocenters. The summed E-state index contributed by atoms with van der Waals surface area (Å²) in [5, 5.41) is 12.1. The lowest BCUT2D eigenvalue weighted by Gasteiger charge is -2.37. The highest BCUT2D eigenvalue weighted by atomic mass is 19.2. The van der Waals surface area contributed by atoms with Crippen LogP contribution in [0.4, 0.5) is 13.2 Å². The third-order valence-corrected chi connectivity index (χ3v) is 3.91. The maximum Gasteiger partial charge on any atom is 0.224 e. The topological polar surface area (TPSA) is 49.3 Å². The summed E-state index contributed by atoms with van der Waals surface area (Å²) in [5.41, 5.74) is 0.0902. The maximum atomic E-state index is 13.1. The Balaban J connectivity index is 1.95. The molecule has 0 aromatic heterocycles. The maximum absolute atomic E-state index is 13.1. The number of carbonyl (C=O) groups excluding carboxylic acids is 1. The summed E-state index contributed by atoms with van der Waals surface area (Å²) >= 11 is 0. The minimum absolute atomic E-state index is 0.0592. The Morgan fingerprint density at radius 3 is 2.38 bits per heavy atom. The summed E-state index contributed by atoms with van der Waals surface area (Å²) in [6, 6.07) is 1.59. The van der Waals surface area contributed by atoms with E-state index in [4.69, 9.17) is 0 Å². The number of carbonyl (C=O) groups is 1. The zero-order valence-corrected chi connectivity index (χ0v) is 11.7. The lowest BCUT2D eigenvalue weighted by molar-refractivity contribution is -0.122. The third kappa shape index (κ3) is 3.75. The summed E-state index contributed by atoms with van der Waals surface area (Å²) in [7, 11) is 0. The molecular formula is C15H18F3NO2. The van der Waals surface area contributed by atoms with Gasteiger partial charge >= 0.3 is 0 Å². The number of amides is 1. The van der Waals surface area contributed by atoms with Crippen molar-refractivity contribution in [3.05, 3.63) is 35.1 Å². The molecule has 116 valence electrons. The van der Waals surface area contributed by atoms with Crippen molar-refractivity contribution < 1.29 is 23.1 Å². The van der Waals surface area contributed by atoms with Gasteiger partial charge in [-0.3, -0.25) is 4.79 Å². The molecular weight excluding hydrogens is 283 g/mol. The first-order valence-electron chi connectivity index (χ1n) is 7.01. The van der Waals surface area contributed by atoms with Crippen LogP contribution in [-0.2, 0) is 11.2 Å². The smallest absolute Gasteiger partial charge is 0.224 e. The van der Waals surface area contributed by atoms with E-state index in [9.17, 15) is 23.1 Å². The molecule has 0 spiro atoms. The van der Waals surface area contributed by atoms with Gasteiger partial charge < -0.3 is 10.4 Å². The molecule has 6 heteroatoms. The quantitative estimate of drug-likeness (QED) is 0.820. The monoisotopic (exact) mass is 301 g/mol. The molecule has 2 N–H and O–H groups in total. The predicted octanol–water partition coefficient (Wildman–Crippen LogP) is 2.31. The Morgan fingerprint density at radius 2 is 1.90 bits per heavy atom. The molecule has 0 heterocycles. The lowest BCUT2D eigenvalue weighted by atomic mass is 9.76. The predicted molar refractivity (Wildman–Crippen MR) is 71.0 cm³/mol. The second kappa shape index (κ2) is 6.47. The number of hydrogen-bond donors (Lipinski definition) is 2. The highest BCUT2D eigenvalue weighted by Crippen LogP contribution is 2.31. The van der Waals surface area contributed by atoms with E-state index >= 15 is 0 Å². The van der Waals surface area contributed by atoms with Gasteiger partial charge in [-0.2, -0.15) is 0 Å². The Labute approximate surface area is 121 Å². The van der Waals surface area contributed by atoms with Crippen LogP contribution in [0.1, 0.15) is 31.7 Å². The van der Waals surface area contributed by atoms with Crippen molar-refractivity contribution in [3.8, 4) is 0 Å². The molecule has 0 saturated heterocycles. The van der Waals surface area contributed by atoms with E-state index in [0.29, 0.717) is 12.8 Å². The fourth-order valence-electron chi connectivity index (χ4n) is 2.66. The van der Waals surface area contributed by atoms with Crippen molar-refractivity contribution >= 4 is 5.91 Å². The van der Waals surface area contributed by atoms with Gasteiger partial charge in [0.2, 0.25) is 5.91 Å². The van der Waals surface area contributed by atoms with Gasteiger partial charge in [-0.1, -0.05) is 6.92 Å². The minimum atomic E-state index is -1.53. The van der Waals surface area contributed by atoms with E-state index in [1.807, 2.05) is 6.92 Å². The van der Waals surface area contributed by atoms with Crippen molar-refractivity contribution in [2.45, 2.75) is 44.8 Å². The lowest BCUT2D eigenvalue weighted by Crippen LogP contribution is -2.47. The molecule has 3 nitrogen and oxygen atoms in total. The number of hydrogen-bond acceptors (Lipinski definition) is 2. The van der Waals surface area contributed by atoms with Crippen molar-refractivity contribution in [3.63, 3.8) is 0 Å². The van der Waals surface area contributed by atoms with Crippen LogP contribution in [0.3, 0.4) is 0 Å². The van der Waals surface area contributed by atoms with Crippen molar-refractivity contribution in [2.24, 2.45) is 5.92 Å². The van der Waals surface area contributed by atoms with E-state index in [0.717, 1.165) is 18.6 Å². The molecule has 21 heavy (non-hydrogen) atoms. The van der Waals surface area contributed by atoms with Crippen LogP contribution >= 0.6 is 0 Å². The molecule has 1 fully saturated rings. The van der Waals surface area contributed by atoms with Crippen molar-refractivity contribution in [1.29, 1.82) is 0 Å². The molecule has 1 amide bonds. The normalized spacial score (nSPS) is 22.5. The van der Waals surface area contributed by atoms with Crippen LogP contribution in [0.25, 0.3) is 0 Å². The molecule has 2 rings (SSSR count). The first kappa shape index (κ1) is 15.8. The average Bonchev–Trinajstić information content (AvgIpc) is 2.39.